The second kappa shape index (κ2) is 7.84. The van der Waals surface area contributed by atoms with Gasteiger partial charge in [-0.1, -0.05) is 6.07 Å². The second-order valence-corrected chi connectivity index (χ2v) is 8.25. The van der Waals surface area contributed by atoms with Crippen LogP contribution in [0.3, 0.4) is 0 Å². The van der Waals surface area contributed by atoms with Crippen molar-refractivity contribution < 1.29 is 9.53 Å². The second-order valence-electron chi connectivity index (χ2n) is 7.13. The molecule has 7 heteroatoms. The summed E-state index contributed by atoms with van der Waals surface area (Å²) in [5.74, 6) is 1.17. The number of aromatic nitrogens is 3. The third-order valence-corrected chi connectivity index (χ3v) is 4.46. The van der Waals surface area contributed by atoms with E-state index in [9.17, 15) is 4.79 Å². The van der Waals surface area contributed by atoms with Crippen molar-refractivity contribution in [1.82, 2.24) is 15.0 Å². The van der Waals surface area contributed by atoms with Crippen molar-refractivity contribution in [2.45, 2.75) is 39.7 Å². The highest BCUT2D eigenvalue weighted by molar-refractivity contribution is 7.15. The fraction of sp³-hybridized carbons (Fsp3) is 0.300. The third-order valence-electron chi connectivity index (χ3n) is 3.44. The van der Waals surface area contributed by atoms with E-state index in [1.165, 1.54) is 11.3 Å². The van der Waals surface area contributed by atoms with Crippen LogP contribution in [-0.4, -0.2) is 26.5 Å². The maximum atomic E-state index is 12.0. The molecular weight excluding hydrogens is 360 g/mol. The van der Waals surface area contributed by atoms with Crippen LogP contribution in [0.25, 0.3) is 10.6 Å². The van der Waals surface area contributed by atoms with Crippen molar-refractivity contribution >= 4 is 28.9 Å². The van der Waals surface area contributed by atoms with Crippen LogP contribution in [0.1, 0.15) is 31.3 Å². The molecule has 3 aromatic heterocycles. The molecule has 0 aliphatic heterocycles. The number of anilines is 2. The number of nitrogens with one attached hydrogen (secondary N) is 1. The van der Waals surface area contributed by atoms with E-state index in [4.69, 9.17) is 4.74 Å². The summed E-state index contributed by atoms with van der Waals surface area (Å²) in [7, 11) is 0. The molecule has 6 nitrogen and oxygen atoms in total. The largest absolute Gasteiger partial charge is 0.460 e. The van der Waals surface area contributed by atoms with Crippen LogP contribution in [0, 0.1) is 6.92 Å². The lowest BCUT2D eigenvalue weighted by Crippen LogP contribution is -2.24. The van der Waals surface area contributed by atoms with E-state index in [2.05, 4.69) is 20.3 Å². The van der Waals surface area contributed by atoms with Gasteiger partial charge in [-0.15, -0.1) is 11.3 Å². The summed E-state index contributed by atoms with van der Waals surface area (Å²) < 4.78 is 5.35. The smallest absolute Gasteiger partial charge is 0.313 e. The van der Waals surface area contributed by atoms with E-state index in [1.54, 1.807) is 12.4 Å². The molecule has 0 bridgehead atoms. The molecule has 0 aliphatic rings. The average Bonchev–Trinajstić information content (AvgIpc) is 3.01. The molecule has 0 aromatic carbocycles. The molecule has 0 amide bonds. The fourth-order valence-electron chi connectivity index (χ4n) is 2.39. The molecule has 0 saturated carbocycles. The van der Waals surface area contributed by atoms with Gasteiger partial charge in [0.1, 0.15) is 22.2 Å². The number of hydrogen-bond acceptors (Lipinski definition) is 7. The molecule has 1 N–H and O–H groups in total. The van der Waals surface area contributed by atoms with Crippen molar-refractivity contribution in [3.05, 3.63) is 53.3 Å². The Hall–Kier alpha value is -2.80. The first-order chi connectivity index (χ1) is 12.8. The highest BCUT2D eigenvalue weighted by Crippen LogP contribution is 2.27. The summed E-state index contributed by atoms with van der Waals surface area (Å²) in [6, 6.07) is 9.63. The highest BCUT2D eigenvalue weighted by Gasteiger charge is 2.18. The zero-order valence-corrected chi connectivity index (χ0v) is 16.6. The number of rotatable bonds is 5. The minimum absolute atomic E-state index is 0.160. The normalized spacial score (nSPS) is 11.3. The Kier molecular flexibility index (Phi) is 5.51. The molecule has 3 aromatic rings. The van der Waals surface area contributed by atoms with Gasteiger partial charge >= 0.3 is 5.97 Å². The molecule has 3 heterocycles. The Balaban J connectivity index is 1.72. The number of esters is 1. The van der Waals surface area contributed by atoms with Crippen LogP contribution in [-0.2, 0) is 16.0 Å². The molecule has 3 rings (SSSR count). The molecule has 0 fully saturated rings. The number of hydrogen-bond donors (Lipinski definition) is 1. The number of ether oxygens (including phenoxy) is 1. The van der Waals surface area contributed by atoms with Crippen molar-refractivity contribution in [1.29, 1.82) is 0 Å². The van der Waals surface area contributed by atoms with Crippen LogP contribution >= 0.6 is 11.3 Å². The number of carbonyl (C=O) groups excluding carboxylic acids is 1. The van der Waals surface area contributed by atoms with Gasteiger partial charge in [-0.2, -0.15) is 0 Å². The summed E-state index contributed by atoms with van der Waals surface area (Å²) >= 11 is 1.44. The van der Waals surface area contributed by atoms with E-state index >= 15 is 0 Å². The zero-order chi connectivity index (χ0) is 19.4. The van der Waals surface area contributed by atoms with Crippen molar-refractivity contribution in [2.75, 3.05) is 5.32 Å². The first-order valence-corrected chi connectivity index (χ1v) is 9.44. The van der Waals surface area contributed by atoms with Gasteiger partial charge in [-0.3, -0.25) is 4.79 Å². The van der Waals surface area contributed by atoms with E-state index in [0.29, 0.717) is 10.8 Å². The first-order valence-electron chi connectivity index (χ1n) is 8.62. The predicted molar refractivity (Wildman–Crippen MR) is 107 cm³/mol. The number of carbonyl (C=O) groups is 1. The van der Waals surface area contributed by atoms with Gasteiger partial charge in [-0.25, -0.2) is 15.0 Å². The lowest BCUT2D eigenvalue weighted by Gasteiger charge is -2.18. The standard InChI is InChI=1S/C20H22N4O2S/c1-13-8-9-21-17(10-13)24-16-7-5-6-14(23-16)15-12-22-18(27-15)11-19(25)26-20(2,3)4/h5-10,12H,11H2,1-4H3,(H,21,23,24). The van der Waals surface area contributed by atoms with Gasteiger partial charge in [-0.05, 0) is 57.5 Å². The predicted octanol–water partition coefficient (Wildman–Crippen LogP) is 4.54. The van der Waals surface area contributed by atoms with Gasteiger partial charge in [0.15, 0.2) is 0 Å². The van der Waals surface area contributed by atoms with Gasteiger partial charge in [0.2, 0.25) is 0 Å². The average molecular weight is 382 g/mol. The Morgan fingerprint density at radius 1 is 1.19 bits per heavy atom. The van der Waals surface area contributed by atoms with Crippen molar-refractivity contribution in [2.24, 2.45) is 0 Å². The number of nitrogens with zero attached hydrogens (tertiary/aromatic N) is 3. The highest BCUT2D eigenvalue weighted by atomic mass is 32.1. The van der Waals surface area contributed by atoms with Crippen LogP contribution in [0.5, 0.6) is 0 Å². The van der Waals surface area contributed by atoms with Crippen molar-refractivity contribution in [3.63, 3.8) is 0 Å². The van der Waals surface area contributed by atoms with Gasteiger partial charge < -0.3 is 10.1 Å². The molecule has 0 aliphatic carbocycles. The quantitative estimate of drug-likeness (QED) is 0.653. The van der Waals surface area contributed by atoms with Crippen LogP contribution < -0.4 is 5.32 Å². The lowest BCUT2D eigenvalue weighted by molar-refractivity contribution is -0.153. The summed E-state index contributed by atoms with van der Waals surface area (Å²) in [5, 5.41) is 3.92. The van der Waals surface area contributed by atoms with Crippen LogP contribution in [0.2, 0.25) is 0 Å². The van der Waals surface area contributed by atoms with Crippen LogP contribution in [0.4, 0.5) is 11.6 Å². The Labute approximate surface area is 162 Å². The minimum atomic E-state index is -0.497. The zero-order valence-electron chi connectivity index (χ0n) is 15.8. The minimum Gasteiger partial charge on any atom is -0.460 e. The molecule has 0 radical (unpaired) electrons. The first kappa shape index (κ1) is 19.0. The lowest BCUT2D eigenvalue weighted by atomic mass is 10.2. The number of aryl methyl sites for hydroxylation is 1. The molecule has 27 heavy (non-hydrogen) atoms. The summed E-state index contributed by atoms with van der Waals surface area (Å²) in [6.45, 7) is 7.57. The van der Waals surface area contributed by atoms with Crippen molar-refractivity contribution in [3.8, 4) is 10.6 Å². The number of thiazole rings is 1. The Bertz CT molecular complexity index is 947. The van der Waals surface area contributed by atoms with Gasteiger partial charge in [0.25, 0.3) is 0 Å². The van der Waals surface area contributed by atoms with E-state index < -0.39 is 5.60 Å². The molecule has 0 atom stereocenters. The third kappa shape index (κ3) is 5.59. The SMILES string of the molecule is Cc1ccnc(Nc2cccc(-c3cnc(CC(=O)OC(C)(C)C)s3)n2)c1. The summed E-state index contributed by atoms with van der Waals surface area (Å²) in [4.78, 5) is 26.1. The van der Waals surface area contributed by atoms with Gasteiger partial charge in [0, 0.05) is 12.4 Å². The molecule has 0 spiro atoms. The molecule has 0 unspecified atom stereocenters. The van der Waals surface area contributed by atoms with E-state index in [0.717, 1.165) is 22.0 Å². The topological polar surface area (TPSA) is 77.0 Å². The molecule has 140 valence electrons. The Morgan fingerprint density at radius 3 is 2.74 bits per heavy atom. The van der Waals surface area contributed by atoms with Crippen LogP contribution in [0.15, 0.2) is 42.7 Å². The van der Waals surface area contributed by atoms with E-state index in [-0.39, 0.29) is 12.4 Å². The Morgan fingerprint density at radius 2 is 2.00 bits per heavy atom. The van der Waals surface area contributed by atoms with E-state index in [1.807, 2.05) is 58.0 Å². The number of pyridine rings is 2. The fourth-order valence-corrected chi connectivity index (χ4v) is 3.26. The maximum Gasteiger partial charge on any atom is 0.313 e. The molecular formula is C20H22N4O2S. The summed E-state index contributed by atoms with van der Waals surface area (Å²) in [6.07, 6.45) is 3.65. The molecule has 0 saturated heterocycles. The summed E-state index contributed by atoms with van der Waals surface area (Å²) in [5.41, 5.74) is 1.42. The maximum absolute atomic E-state index is 12.0. The monoisotopic (exact) mass is 382 g/mol. The van der Waals surface area contributed by atoms with Gasteiger partial charge in [0.05, 0.1) is 17.0 Å².